The first-order valence-electron chi connectivity index (χ1n) is 5.53. The third kappa shape index (κ3) is 2.20. The van der Waals surface area contributed by atoms with Crippen LogP contribution in [0.2, 0.25) is 0 Å². The Morgan fingerprint density at radius 2 is 2.12 bits per heavy atom. The molecule has 2 aromatic heterocycles. The van der Waals surface area contributed by atoms with Crippen molar-refractivity contribution in [1.29, 1.82) is 0 Å². The van der Waals surface area contributed by atoms with Crippen LogP contribution >= 0.6 is 0 Å². The number of hydrogen-bond acceptors (Lipinski definition) is 4. The van der Waals surface area contributed by atoms with Crippen LogP contribution in [0.3, 0.4) is 0 Å². The van der Waals surface area contributed by atoms with Gasteiger partial charge in [-0.2, -0.15) is 0 Å². The summed E-state index contributed by atoms with van der Waals surface area (Å²) in [6, 6.07) is 5.34. The molecular formula is C13H15N3O. The first kappa shape index (κ1) is 11.4. The van der Waals surface area contributed by atoms with E-state index in [1.165, 1.54) is 0 Å². The van der Waals surface area contributed by atoms with Crippen LogP contribution in [0, 0.1) is 6.92 Å². The molecular weight excluding hydrogens is 214 g/mol. The van der Waals surface area contributed by atoms with E-state index in [1.807, 2.05) is 19.9 Å². The van der Waals surface area contributed by atoms with Gasteiger partial charge in [0.2, 0.25) is 0 Å². The molecule has 0 aliphatic rings. The lowest BCUT2D eigenvalue weighted by Gasteiger charge is -2.09. The fourth-order valence-corrected chi connectivity index (χ4v) is 1.76. The number of nitrogens with zero attached hydrogens (tertiary/aromatic N) is 2. The van der Waals surface area contributed by atoms with E-state index in [0.29, 0.717) is 12.2 Å². The van der Waals surface area contributed by atoms with Crippen molar-refractivity contribution in [3.63, 3.8) is 0 Å². The van der Waals surface area contributed by atoms with Crippen LogP contribution in [0.5, 0.6) is 5.75 Å². The van der Waals surface area contributed by atoms with Gasteiger partial charge in [-0.05, 0) is 31.5 Å². The molecule has 0 atom stereocenters. The molecule has 0 bridgehead atoms. The maximum absolute atomic E-state index is 9.82. The predicted octanol–water partition coefficient (Wildman–Crippen LogP) is 2.30. The van der Waals surface area contributed by atoms with Gasteiger partial charge < -0.3 is 10.8 Å². The third-order valence-corrected chi connectivity index (χ3v) is 2.70. The van der Waals surface area contributed by atoms with Crippen molar-refractivity contribution >= 4 is 5.82 Å². The number of nitrogens with two attached hydrogens (primary N) is 1. The van der Waals surface area contributed by atoms with Crippen LogP contribution in [0.25, 0.3) is 11.1 Å². The van der Waals surface area contributed by atoms with E-state index in [1.54, 1.807) is 18.3 Å². The van der Waals surface area contributed by atoms with Gasteiger partial charge in [-0.15, -0.1) is 0 Å². The molecule has 0 amide bonds. The van der Waals surface area contributed by atoms with Gasteiger partial charge in [-0.25, -0.2) is 4.98 Å². The second-order valence-electron chi connectivity index (χ2n) is 3.91. The lowest BCUT2D eigenvalue weighted by molar-refractivity contribution is 0.465. The molecule has 3 N–H and O–H groups in total. The molecule has 0 radical (unpaired) electrons. The molecule has 0 fully saturated rings. The summed E-state index contributed by atoms with van der Waals surface area (Å²) in [6.07, 6.45) is 2.40. The topological polar surface area (TPSA) is 72.0 Å². The van der Waals surface area contributed by atoms with E-state index in [4.69, 9.17) is 5.73 Å². The summed E-state index contributed by atoms with van der Waals surface area (Å²) in [6.45, 7) is 3.89. The smallest absolute Gasteiger partial charge is 0.137 e. The van der Waals surface area contributed by atoms with Crippen molar-refractivity contribution in [1.82, 2.24) is 9.97 Å². The zero-order chi connectivity index (χ0) is 12.4. The molecule has 2 heterocycles. The zero-order valence-electron chi connectivity index (χ0n) is 9.94. The molecule has 17 heavy (non-hydrogen) atoms. The van der Waals surface area contributed by atoms with Crippen molar-refractivity contribution in [3.8, 4) is 16.9 Å². The lowest BCUT2D eigenvalue weighted by atomic mass is 10.0. The summed E-state index contributed by atoms with van der Waals surface area (Å²) in [4.78, 5) is 8.42. The molecule has 4 heteroatoms. The van der Waals surface area contributed by atoms with Crippen LogP contribution in [-0.2, 0) is 6.42 Å². The maximum Gasteiger partial charge on any atom is 0.137 e. The second-order valence-corrected chi connectivity index (χ2v) is 3.91. The van der Waals surface area contributed by atoms with Gasteiger partial charge in [0.05, 0.1) is 5.69 Å². The van der Waals surface area contributed by atoms with Crippen LogP contribution in [0.15, 0.2) is 24.4 Å². The molecule has 2 rings (SSSR count). The Hall–Kier alpha value is -2.10. The highest BCUT2D eigenvalue weighted by atomic mass is 16.3. The molecule has 0 aromatic carbocycles. The lowest BCUT2D eigenvalue weighted by Crippen LogP contribution is -1.95. The Kier molecular flexibility index (Phi) is 2.95. The largest absolute Gasteiger partial charge is 0.506 e. The summed E-state index contributed by atoms with van der Waals surface area (Å²) in [5.41, 5.74) is 8.93. The number of rotatable bonds is 2. The van der Waals surface area contributed by atoms with Crippen molar-refractivity contribution in [2.45, 2.75) is 20.3 Å². The molecule has 0 saturated heterocycles. The van der Waals surface area contributed by atoms with Crippen LogP contribution in [0.4, 0.5) is 5.82 Å². The quantitative estimate of drug-likeness (QED) is 0.828. The monoisotopic (exact) mass is 229 g/mol. The molecule has 0 unspecified atom stereocenters. The molecule has 0 saturated carbocycles. The van der Waals surface area contributed by atoms with Crippen molar-refractivity contribution in [2.24, 2.45) is 0 Å². The summed E-state index contributed by atoms with van der Waals surface area (Å²) in [5.74, 6) is 0.707. The summed E-state index contributed by atoms with van der Waals surface area (Å²) < 4.78 is 0. The minimum atomic E-state index is 0.227. The maximum atomic E-state index is 9.82. The van der Waals surface area contributed by atoms with E-state index < -0.39 is 0 Å². The number of pyridine rings is 2. The molecule has 0 aliphatic heterocycles. The van der Waals surface area contributed by atoms with Gasteiger partial charge in [-0.1, -0.05) is 6.92 Å². The first-order valence-corrected chi connectivity index (χ1v) is 5.53. The Morgan fingerprint density at radius 1 is 1.35 bits per heavy atom. The molecule has 2 aromatic rings. The summed E-state index contributed by atoms with van der Waals surface area (Å²) >= 11 is 0. The summed E-state index contributed by atoms with van der Waals surface area (Å²) in [5, 5.41) is 9.82. The van der Waals surface area contributed by atoms with E-state index in [0.717, 1.165) is 22.5 Å². The van der Waals surface area contributed by atoms with Gasteiger partial charge >= 0.3 is 0 Å². The van der Waals surface area contributed by atoms with E-state index >= 15 is 0 Å². The van der Waals surface area contributed by atoms with E-state index in [-0.39, 0.29) is 5.75 Å². The Labute approximate surface area is 100 Å². The van der Waals surface area contributed by atoms with Gasteiger partial charge in [-0.3, -0.25) is 4.98 Å². The second kappa shape index (κ2) is 4.41. The van der Waals surface area contributed by atoms with Crippen molar-refractivity contribution in [3.05, 3.63) is 35.8 Å². The Bertz CT molecular complexity index is 535. The molecule has 0 spiro atoms. The minimum absolute atomic E-state index is 0.227. The van der Waals surface area contributed by atoms with Crippen LogP contribution < -0.4 is 5.73 Å². The highest BCUT2D eigenvalue weighted by Crippen LogP contribution is 2.27. The number of hydrogen-bond donors (Lipinski definition) is 2. The fourth-order valence-electron chi connectivity index (χ4n) is 1.76. The SMILES string of the molecule is CCc1nc(C)c(-c2ccc(N)nc2)cc1O. The number of aromatic hydroxyl groups is 1. The normalized spacial score (nSPS) is 10.5. The zero-order valence-corrected chi connectivity index (χ0v) is 9.94. The van der Waals surface area contributed by atoms with Crippen LogP contribution in [0.1, 0.15) is 18.3 Å². The number of nitrogen functional groups attached to an aromatic ring is 1. The Morgan fingerprint density at radius 3 is 2.71 bits per heavy atom. The predicted molar refractivity (Wildman–Crippen MR) is 67.7 cm³/mol. The minimum Gasteiger partial charge on any atom is -0.506 e. The average molecular weight is 229 g/mol. The highest BCUT2D eigenvalue weighted by Gasteiger charge is 2.09. The standard InChI is InChI=1S/C13H15N3O/c1-3-11-12(17)6-10(8(2)16-11)9-4-5-13(14)15-7-9/h4-7,17H,3H2,1-2H3,(H2,14,15). The van der Waals surface area contributed by atoms with Crippen molar-refractivity contribution < 1.29 is 5.11 Å². The number of aryl methyl sites for hydroxylation is 2. The van der Waals surface area contributed by atoms with Gasteiger partial charge in [0.1, 0.15) is 11.6 Å². The summed E-state index contributed by atoms with van der Waals surface area (Å²) in [7, 11) is 0. The van der Waals surface area contributed by atoms with Crippen molar-refractivity contribution in [2.75, 3.05) is 5.73 Å². The third-order valence-electron chi connectivity index (χ3n) is 2.70. The van der Waals surface area contributed by atoms with E-state index in [2.05, 4.69) is 9.97 Å². The fraction of sp³-hybridized carbons (Fsp3) is 0.231. The van der Waals surface area contributed by atoms with Gasteiger partial charge in [0.15, 0.2) is 0 Å². The van der Waals surface area contributed by atoms with E-state index in [9.17, 15) is 5.11 Å². The van der Waals surface area contributed by atoms with Gasteiger partial charge in [0, 0.05) is 23.0 Å². The molecule has 4 nitrogen and oxygen atoms in total. The molecule has 0 aliphatic carbocycles. The average Bonchev–Trinajstić information content (AvgIpc) is 2.33. The number of anilines is 1. The van der Waals surface area contributed by atoms with Gasteiger partial charge in [0.25, 0.3) is 0 Å². The molecule has 88 valence electrons. The number of aromatic nitrogens is 2. The Balaban J connectivity index is 2.52. The van der Waals surface area contributed by atoms with Crippen LogP contribution in [-0.4, -0.2) is 15.1 Å². The first-order chi connectivity index (χ1) is 8.11. The highest BCUT2D eigenvalue weighted by molar-refractivity contribution is 5.67.